The minimum Gasteiger partial charge on any atom is -0.480 e. The highest BCUT2D eigenvalue weighted by Gasteiger charge is 2.22. The zero-order valence-electron chi connectivity index (χ0n) is 12.6. The van der Waals surface area contributed by atoms with Gasteiger partial charge in [0, 0.05) is 6.42 Å². The number of aromatic nitrogens is 2. The Morgan fingerprint density at radius 2 is 2.12 bits per heavy atom. The Labute approximate surface area is 136 Å². The molecule has 1 aromatic carbocycles. The number of carboxylic acids is 1. The number of nitrogens with zero attached hydrogens (tertiary/aromatic N) is 2. The Kier molecular flexibility index (Phi) is 4.15. The summed E-state index contributed by atoms with van der Waals surface area (Å²) < 4.78 is 0. The summed E-state index contributed by atoms with van der Waals surface area (Å²) >= 11 is 0. The summed E-state index contributed by atoms with van der Waals surface area (Å²) in [5.74, 6) is -0.378. The Morgan fingerprint density at radius 1 is 1.38 bits per heavy atom. The molecule has 0 amide bonds. The molecule has 1 aromatic heterocycles. The molecular formula is C15H16N6O3. The fraction of sp³-hybridized carbons (Fsp3) is 0.200. The molecule has 2 heterocycles. The van der Waals surface area contributed by atoms with Crippen LogP contribution in [0.15, 0.2) is 40.1 Å². The number of nitrogen functional groups attached to an aromatic ring is 1. The molecule has 1 aliphatic rings. The van der Waals surface area contributed by atoms with E-state index in [1.165, 1.54) is 0 Å². The van der Waals surface area contributed by atoms with E-state index in [4.69, 9.17) is 5.73 Å². The molecule has 0 radical (unpaired) electrons. The molecule has 0 saturated carbocycles. The smallest absolute Gasteiger partial charge is 0.328 e. The van der Waals surface area contributed by atoms with Crippen LogP contribution >= 0.6 is 0 Å². The monoisotopic (exact) mass is 328 g/mol. The third kappa shape index (κ3) is 3.35. The van der Waals surface area contributed by atoms with Crippen LogP contribution in [0.4, 0.5) is 17.5 Å². The number of aromatic amines is 1. The van der Waals surface area contributed by atoms with E-state index in [1.807, 2.05) is 30.3 Å². The van der Waals surface area contributed by atoms with E-state index < -0.39 is 17.6 Å². The van der Waals surface area contributed by atoms with Gasteiger partial charge in [0.25, 0.3) is 5.56 Å². The van der Waals surface area contributed by atoms with Crippen molar-refractivity contribution in [2.45, 2.75) is 12.5 Å². The molecule has 9 nitrogen and oxygen atoms in total. The molecule has 124 valence electrons. The SMILES string of the molecule is Nc1nc2c(c(=O)[nH]1)NC(=N[C@@H](Cc1ccccc1)C(=O)O)CN2. The highest BCUT2D eigenvalue weighted by Crippen LogP contribution is 2.18. The molecule has 24 heavy (non-hydrogen) atoms. The molecule has 3 rings (SSSR count). The molecule has 0 unspecified atom stereocenters. The molecule has 0 spiro atoms. The predicted octanol–water partition coefficient (Wildman–Crippen LogP) is 0.284. The molecule has 0 bridgehead atoms. The number of nitrogens with one attached hydrogen (secondary N) is 3. The number of rotatable bonds is 4. The zero-order valence-corrected chi connectivity index (χ0v) is 12.6. The van der Waals surface area contributed by atoms with Gasteiger partial charge in [0.05, 0.1) is 6.54 Å². The van der Waals surface area contributed by atoms with Gasteiger partial charge in [-0.1, -0.05) is 30.3 Å². The maximum absolute atomic E-state index is 11.9. The quantitative estimate of drug-likeness (QED) is 0.542. The number of anilines is 3. The van der Waals surface area contributed by atoms with Gasteiger partial charge in [-0.2, -0.15) is 4.98 Å². The number of carbonyl (C=O) groups is 1. The van der Waals surface area contributed by atoms with E-state index in [0.717, 1.165) is 5.56 Å². The van der Waals surface area contributed by atoms with E-state index in [2.05, 4.69) is 25.6 Å². The Balaban J connectivity index is 1.84. The van der Waals surface area contributed by atoms with Crippen molar-refractivity contribution in [3.63, 3.8) is 0 Å². The van der Waals surface area contributed by atoms with Gasteiger partial charge >= 0.3 is 5.97 Å². The van der Waals surface area contributed by atoms with Crippen LogP contribution in [0.1, 0.15) is 5.56 Å². The van der Waals surface area contributed by atoms with E-state index >= 15 is 0 Å². The minimum absolute atomic E-state index is 0.000860. The van der Waals surface area contributed by atoms with E-state index in [9.17, 15) is 14.7 Å². The summed E-state index contributed by atoms with van der Waals surface area (Å²) in [7, 11) is 0. The Bertz CT molecular complexity index is 846. The average Bonchev–Trinajstić information content (AvgIpc) is 2.55. The number of aliphatic imine (C=N–C) groups is 1. The summed E-state index contributed by atoms with van der Waals surface area (Å²) in [6, 6.07) is 8.27. The number of hydrogen-bond acceptors (Lipinski definition) is 6. The lowest BCUT2D eigenvalue weighted by Crippen LogP contribution is -2.35. The van der Waals surface area contributed by atoms with Crippen molar-refractivity contribution in [3.05, 3.63) is 46.2 Å². The van der Waals surface area contributed by atoms with Crippen LogP contribution in [-0.4, -0.2) is 39.5 Å². The molecule has 1 aliphatic heterocycles. The van der Waals surface area contributed by atoms with Crippen molar-refractivity contribution < 1.29 is 9.90 Å². The first-order chi connectivity index (χ1) is 11.5. The lowest BCUT2D eigenvalue weighted by molar-refractivity contribution is -0.138. The number of hydrogen-bond donors (Lipinski definition) is 5. The summed E-state index contributed by atoms with van der Waals surface area (Å²) in [4.78, 5) is 33.9. The maximum atomic E-state index is 11.9. The molecule has 9 heteroatoms. The van der Waals surface area contributed by atoms with Gasteiger partial charge in [-0.05, 0) is 5.56 Å². The van der Waals surface area contributed by atoms with Gasteiger partial charge in [-0.25, -0.2) is 4.79 Å². The number of benzene rings is 1. The van der Waals surface area contributed by atoms with Crippen molar-refractivity contribution in [2.75, 3.05) is 22.9 Å². The molecule has 0 saturated heterocycles. The number of H-pyrrole nitrogens is 1. The summed E-state index contributed by atoms with van der Waals surface area (Å²) in [5, 5.41) is 15.1. The first-order valence-corrected chi connectivity index (χ1v) is 7.27. The van der Waals surface area contributed by atoms with E-state index in [1.54, 1.807) is 0 Å². The van der Waals surface area contributed by atoms with Crippen molar-refractivity contribution in [2.24, 2.45) is 4.99 Å². The lowest BCUT2D eigenvalue weighted by Gasteiger charge is -2.21. The van der Waals surface area contributed by atoms with Gasteiger partial charge in [-0.3, -0.25) is 14.8 Å². The van der Waals surface area contributed by atoms with Crippen LogP contribution < -0.4 is 21.9 Å². The fourth-order valence-corrected chi connectivity index (χ4v) is 2.38. The maximum Gasteiger partial charge on any atom is 0.328 e. The summed E-state index contributed by atoms with van der Waals surface area (Å²) in [5.41, 5.74) is 6.06. The third-order valence-electron chi connectivity index (χ3n) is 3.50. The molecule has 0 fully saturated rings. The van der Waals surface area contributed by atoms with E-state index in [-0.39, 0.29) is 24.6 Å². The third-order valence-corrected chi connectivity index (χ3v) is 3.50. The van der Waals surface area contributed by atoms with Crippen LogP contribution in [0.25, 0.3) is 0 Å². The lowest BCUT2D eigenvalue weighted by atomic mass is 10.1. The topological polar surface area (TPSA) is 145 Å². The summed E-state index contributed by atoms with van der Waals surface area (Å²) in [6.07, 6.45) is 0.255. The highest BCUT2D eigenvalue weighted by molar-refractivity contribution is 6.04. The summed E-state index contributed by atoms with van der Waals surface area (Å²) in [6.45, 7) is 0.224. The predicted molar refractivity (Wildman–Crippen MR) is 90.4 cm³/mol. The molecule has 1 atom stereocenters. The van der Waals surface area contributed by atoms with Crippen molar-refractivity contribution >= 4 is 29.3 Å². The van der Waals surface area contributed by atoms with Gasteiger partial charge in [0.2, 0.25) is 5.95 Å². The fourth-order valence-electron chi connectivity index (χ4n) is 2.38. The Hall–Kier alpha value is -3.36. The van der Waals surface area contributed by atoms with Crippen LogP contribution in [-0.2, 0) is 11.2 Å². The molecule has 6 N–H and O–H groups in total. The van der Waals surface area contributed by atoms with E-state index in [0.29, 0.717) is 11.7 Å². The van der Waals surface area contributed by atoms with Crippen LogP contribution in [0.3, 0.4) is 0 Å². The first kappa shape index (κ1) is 15.5. The number of carboxylic acid groups (broad SMARTS) is 1. The van der Waals surface area contributed by atoms with Gasteiger partial charge in [0.15, 0.2) is 11.9 Å². The van der Waals surface area contributed by atoms with Crippen LogP contribution in [0, 0.1) is 0 Å². The van der Waals surface area contributed by atoms with Crippen molar-refractivity contribution in [1.82, 2.24) is 9.97 Å². The van der Waals surface area contributed by atoms with Crippen LogP contribution in [0.5, 0.6) is 0 Å². The minimum atomic E-state index is -1.04. The van der Waals surface area contributed by atoms with Crippen molar-refractivity contribution in [1.29, 1.82) is 0 Å². The van der Waals surface area contributed by atoms with Gasteiger partial charge in [0.1, 0.15) is 11.5 Å². The first-order valence-electron chi connectivity index (χ1n) is 7.27. The van der Waals surface area contributed by atoms with Gasteiger partial charge < -0.3 is 21.5 Å². The highest BCUT2D eigenvalue weighted by atomic mass is 16.4. The standard InChI is InChI=1S/C15H16N6O3/c16-15-20-12-11(13(22)21-15)19-10(7-17-12)18-9(14(23)24)6-8-4-2-1-3-5-8/h1-5,9H,6-7H2,(H,18,19)(H,23,24)(H4,16,17,20,21,22)/t9-/m0/s1. The number of fused-ring (bicyclic) bond motifs is 1. The largest absolute Gasteiger partial charge is 0.480 e. The second-order valence-corrected chi connectivity index (χ2v) is 5.27. The number of aliphatic carboxylic acids is 1. The number of nitrogens with two attached hydrogens (primary N) is 1. The number of amidine groups is 1. The molecular weight excluding hydrogens is 312 g/mol. The Morgan fingerprint density at radius 3 is 2.83 bits per heavy atom. The second-order valence-electron chi connectivity index (χ2n) is 5.27. The van der Waals surface area contributed by atoms with Crippen molar-refractivity contribution in [3.8, 4) is 0 Å². The van der Waals surface area contributed by atoms with Crippen LogP contribution in [0.2, 0.25) is 0 Å². The average molecular weight is 328 g/mol. The molecule has 0 aliphatic carbocycles. The van der Waals surface area contributed by atoms with Gasteiger partial charge in [-0.15, -0.1) is 0 Å². The molecule has 2 aromatic rings. The zero-order chi connectivity index (χ0) is 17.1. The second kappa shape index (κ2) is 6.41. The normalized spacial score (nSPS) is 15.9.